The zero-order chi connectivity index (χ0) is 13.2. The van der Waals surface area contributed by atoms with Gasteiger partial charge in [0.1, 0.15) is 0 Å². The molecule has 0 bridgehead atoms. The van der Waals surface area contributed by atoms with Crippen molar-refractivity contribution in [3.05, 3.63) is 0 Å². The first-order valence-electron chi connectivity index (χ1n) is 6.83. The van der Waals surface area contributed by atoms with Crippen molar-refractivity contribution in [1.29, 1.82) is 0 Å². The van der Waals surface area contributed by atoms with Gasteiger partial charge in [0.2, 0.25) is 0 Å². The number of urea groups is 1. The van der Waals surface area contributed by atoms with Gasteiger partial charge in [-0.05, 0) is 25.2 Å². The van der Waals surface area contributed by atoms with Gasteiger partial charge in [-0.15, -0.1) is 0 Å². The number of hydrogen-bond donors (Lipinski definition) is 2. The highest BCUT2D eigenvalue weighted by Crippen LogP contribution is 2.40. The minimum atomic E-state index is -0.776. The summed E-state index contributed by atoms with van der Waals surface area (Å²) < 4.78 is 0. The fraction of sp³-hybridized carbons (Fsp3) is 0.846. The SMILES string of the molecule is CCC1CCN(C(=O)NCC2(C(=O)O)CCC2)C1. The second-order valence-corrected chi connectivity index (χ2v) is 5.61. The Bertz CT molecular complexity index is 339. The van der Waals surface area contributed by atoms with Crippen LogP contribution in [-0.2, 0) is 4.79 Å². The van der Waals surface area contributed by atoms with E-state index in [9.17, 15) is 14.7 Å². The first kappa shape index (κ1) is 13.2. The van der Waals surface area contributed by atoms with Crippen LogP contribution >= 0.6 is 0 Å². The first-order chi connectivity index (χ1) is 8.57. The molecule has 1 aliphatic carbocycles. The van der Waals surface area contributed by atoms with E-state index in [4.69, 9.17) is 0 Å². The van der Waals surface area contributed by atoms with Gasteiger partial charge in [-0.1, -0.05) is 19.8 Å². The van der Waals surface area contributed by atoms with Crippen molar-refractivity contribution >= 4 is 12.0 Å². The summed E-state index contributed by atoms with van der Waals surface area (Å²) in [6, 6.07) is -0.0986. The molecule has 5 heteroatoms. The molecule has 1 heterocycles. The molecule has 1 unspecified atom stereocenters. The van der Waals surface area contributed by atoms with Crippen molar-refractivity contribution in [2.45, 2.75) is 39.0 Å². The number of rotatable bonds is 4. The summed E-state index contributed by atoms with van der Waals surface area (Å²) in [7, 11) is 0. The fourth-order valence-electron chi connectivity index (χ4n) is 2.78. The molecule has 5 nitrogen and oxygen atoms in total. The maximum Gasteiger partial charge on any atom is 0.317 e. The first-order valence-corrected chi connectivity index (χ1v) is 6.83. The topological polar surface area (TPSA) is 69.6 Å². The number of aliphatic carboxylic acids is 1. The maximum atomic E-state index is 11.9. The monoisotopic (exact) mass is 254 g/mol. The molecule has 1 saturated heterocycles. The molecule has 2 amide bonds. The Morgan fingerprint density at radius 3 is 2.61 bits per heavy atom. The van der Waals surface area contributed by atoms with E-state index in [0.29, 0.717) is 18.8 Å². The largest absolute Gasteiger partial charge is 0.481 e. The van der Waals surface area contributed by atoms with E-state index in [2.05, 4.69) is 12.2 Å². The smallest absolute Gasteiger partial charge is 0.317 e. The van der Waals surface area contributed by atoms with E-state index < -0.39 is 11.4 Å². The van der Waals surface area contributed by atoms with Crippen molar-refractivity contribution in [2.75, 3.05) is 19.6 Å². The number of carboxylic acid groups (broad SMARTS) is 1. The minimum absolute atomic E-state index is 0.0986. The fourth-order valence-corrected chi connectivity index (χ4v) is 2.78. The zero-order valence-electron chi connectivity index (χ0n) is 10.9. The quantitative estimate of drug-likeness (QED) is 0.802. The van der Waals surface area contributed by atoms with Crippen LogP contribution < -0.4 is 5.32 Å². The van der Waals surface area contributed by atoms with Gasteiger partial charge in [0.25, 0.3) is 0 Å². The van der Waals surface area contributed by atoms with E-state index in [-0.39, 0.29) is 12.6 Å². The molecule has 1 aliphatic heterocycles. The summed E-state index contributed by atoms with van der Waals surface area (Å²) in [6.07, 6.45) is 4.47. The van der Waals surface area contributed by atoms with Crippen molar-refractivity contribution in [1.82, 2.24) is 10.2 Å². The molecule has 0 aromatic carbocycles. The number of carbonyl (C=O) groups is 2. The number of amides is 2. The molecule has 2 fully saturated rings. The number of likely N-dealkylation sites (tertiary alicyclic amines) is 1. The third kappa shape index (κ3) is 2.44. The highest BCUT2D eigenvalue weighted by molar-refractivity contribution is 5.79. The van der Waals surface area contributed by atoms with Crippen molar-refractivity contribution < 1.29 is 14.7 Å². The Morgan fingerprint density at radius 1 is 1.44 bits per heavy atom. The minimum Gasteiger partial charge on any atom is -0.481 e. The summed E-state index contributed by atoms with van der Waals surface area (Å²) in [6.45, 7) is 4.02. The van der Waals surface area contributed by atoms with Gasteiger partial charge >= 0.3 is 12.0 Å². The maximum absolute atomic E-state index is 11.9. The number of nitrogens with one attached hydrogen (secondary N) is 1. The van der Waals surface area contributed by atoms with Gasteiger partial charge in [0.05, 0.1) is 5.41 Å². The summed E-state index contributed by atoms with van der Waals surface area (Å²) >= 11 is 0. The molecule has 1 saturated carbocycles. The zero-order valence-corrected chi connectivity index (χ0v) is 10.9. The van der Waals surface area contributed by atoms with Crippen LogP contribution in [0.4, 0.5) is 4.79 Å². The van der Waals surface area contributed by atoms with Crippen molar-refractivity contribution in [3.63, 3.8) is 0 Å². The van der Waals surface area contributed by atoms with E-state index >= 15 is 0 Å². The Morgan fingerprint density at radius 2 is 2.17 bits per heavy atom. The van der Waals surface area contributed by atoms with Crippen LogP contribution in [-0.4, -0.2) is 41.6 Å². The number of carboxylic acids is 1. The molecule has 2 rings (SSSR count). The van der Waals surface area contributed by atoms with E-state index in [1.54, 1.807) is 0 Å². The average Bonchev–Trinajstić information content (AvgIpc) is 2.75. The van der Waals surface area contributed by atoms with E-state index in [1.165, 1.54) is 0 Å². The van der Waals surface area contributed by atoms with Crippen LogP contribution in [0, 0.1) is 11.3 Å². The third-order valence-corrected chi connectivity index (χ3v) is 4.49. The average molecular weight is 254 g/mol. The number of nitrogens with zero attached hydrogens (tertiary/aromatic N) is 1. The Kier molecular flexibility index (Phi) is 3.78. The molecule has 0 radical (unpaired) electrons. The number of hydrogen-bond acceptors (Lipinski definition) is 2. The Labute approximate surface area is 108 Å². The lowest BCUT2D eigenvalue weighted by Gasteiger charge is -2.37. The van der Waals surface area contributed by atoms with Crippen LogP contribution in [0.15, 0.2) is 0 Å². The molecule has 2 N–H and O–H groups in total. The molecule has 2 aliphatic rings. The molecular formula is C13H22N2O3. The second kappa shape index (κ2) is 5.16. The molecule has 0 spiro atoms. The lowest BCUT2D eigenvalue weighted by atomic mass is 9.69. The molecule has 102 valence electrons. The van der Waals surface area contributed by atoms with E-state index in [1.807, 2.05) is 4.90 Å². The predicted molar refractivity (Wildman–Crippen MR) is 67.3 cm³/mol. The van der Waals surface area contributed by atoms with Crippen molar-refractivity contribution in [2.24, 2.45) is 11.3 Å². The van der Waals surface area contributed by atoms with Crippen LogP contribution in [0.25, 0.3) is 0 Å². The van der Waals surface area contributed by atoms with Gasteiger partial charge in [-0.25, -0.2) is 4.79 Å². The van der Waals surface area contributed by atoms with Gasteiger partial charge < -0.3 is 15.3 Å². The predicted octanol–water partition coefficient (Wildman–Crippen LogP) is 1.68. The highest BCUT2D eigenvalue weighted by Gasteiger charge is 2.44. The number of carbonyl (C=O) groups excluding carboxylic acids is 1. The van der Waals surface area contributed by atoms with Crippen LogP contribution in [0.3, 0.4) is 0 Å². The summed E-state index contributed by atoms with van der Waals surface area (Å²) in [5, 5.41) is 12.0. The lowest BCUT2D eigenvalue weighted by Crippen LogP contribution is -2.50. The van der Waals surface area contributed by atoms with Crippen LogP contribution in [0.1, 0.15) is 39.0 Å². The van der Waals surface area contributed by atoms with Gasteiger partial charge in [-0.2, -0.15) is 0 Å². The Balaban J connectivity index is 1.80. The normalized spacial score (nSPS) is 25.6. The summed E-state index contributed by atoms with van der Waals surface area (Å²) in [4.78, 5) is 24.9. The molecule has 1 atom stereocenters. The summed E-state index contributed by atoms with van der Waals surface area (Å²) in [5.74, 6) is -0.171. The van der Waals surface area contributed by atoms with E-state index in [0.717, 1.165) is 32.4 Å². The summed E-state index contributed by atoms with van der Waals surface area (Å²) in [5.41, 5.74) is -0.695. The standard InChI is InChI=1S/C13H22N2O3/c1-2-10-4-7-15(8-10)12(18)14-9-13(11(16)17)5-3-6-13/h10H,2-9H2,1H3,(H,14,18)(H,16,17). The highest BCUT2D eigenvalue weighted by atomic mass is 16.4. The van der Waals surface area contributed by atoms with Gasteiger partial charge in [0.15, 0.2) is 0 Å². The van der Waals surface area contributed by atoms with Gasteiger partial charge in [-0.3, -0.25) is 4.79 Å². The van der Waals surface area contributed by atoms with Crippen LogP contribution in [0.2, 0.25) is 0 Å². The third-order valence-electron chi connectivity index (χ3n) is 4.49. The van der Waals surface area contributed by atoms with Crippen LogP contribution in [0.5, 0.6) is 0 Å². The second-order valence-electron chi connectivity index (χ2n) is 5.61. The molecular weight excluding hydrogens is 232 g/mol. The Hall–Kier alpha value is -1.26. The lowest BCUT2D eigenvalue weighted by molar-refractivity contribution is -0.153. The molecule has 18 heavy (non-hydrogen) atoms. The molecule has 0 aromatic heterocycles. The van der Waals surface area contributed by atoms with Gasteiger partial charge in [0, 0.05) is 19.6 Å². The van der Waals surface area contributed by atoms with Crippen molar-refractivity contribution in [3.8, 4) is 0 Å². The molecule has 0 aromatic rings.